The highest BCUT2D eigenvalue weighted by molar-refractivity contribution is 5.86. The lowest BCUT2D eigenvalue weighted by Gasteiger charge is -2.30. The molecule has 1 aromatic carbocycles. The second-order valence-electron chi connectivity index (χ2n) is 4.99. The number of aryl methyl sites for hydroxylation is 1. The first-order valence-corrected chi connectivity index (χ1v) is 6.17. The van der Waals surface area contributed by atoms with E-state index in [-0.39, 0.29) is 11.8 Å². The fraction of sp³-hybridized carbons (Fsp3) is 0.429. The Balaban J connectivity index is 2.31. The van der Waals surface area contributed by atoms with E-state index in [1.165, 1.54) is 6.21 Å². The molecule has 0 aromatic heterocycles. The van der Waals surface area contributed by atoms with Gasteiger partial charge >= 0.3 is 0 Å². The van der Waals surface area contributed by atoms with E-state index in [0.29, 0.717) is 12.1 Å². The van der Waals surface area contributed by atoms with Gasteiger partial charge in [-0.3, -0.25) is 4.79 Å². The summed E-state index contributed by atoms with van der Waals surface area (Å²) in [5.41, 5.74) is 9.56. The van der Waals surface area contributed by atoms with E-state index in [4.69, 9.17) is 11.1 Å². The number of hydrogen-bond acceptors (Lipinski definition) is 3. The number of amides is 1. The second kappa shape index (κ2) is 4.80. The molecule has 1 amide bonds. The molecule has 96 valence electrons. The molecule has 1 saturated heterocycles. The molecular formula is C14H19N3O. The maximum absolute atomic E-state index is 11.8. The number of nitrogens with one attached hydrogen (secondary N) is 1. The van der Waals surface area contributed by atoms with Gasteiger partial charge in [-0.05, 0) is 42.5 Å². The van der Waals surface area contributed by atoms with E-state index in [2.05, 4.69) is 0 Å². The molecule has 18 heavy (non-hydrogen) atoms. The van der Waals surface area contributed by atoms with E-state index in [9.17, 15) is 4.79 Å². The number of nitrogens with zero attached hydrogens (tertiary/aromatic N) is 1. The first-order valence-electron chi connectivity index (χ1n) is 6.17. The molecular weight excluding hydrogens is 226 g/mol. The summed E-state index contributed by atoms with van der Waals surface area (Å²) in [5, 5.41) is 7.29. The van der Waals surface area contributed by atoms with Crippen molar-refractivity contribution in [2.45, 2.75) is 25.7 Å². The third-order valence-electron chi connectivity index (χ3n) is 3.73. The van der Waals surface area contributed by atoms with Crippen molar-refractivity contribution in [3.05, 3.63) is 28.8 Å². The summed E-state index contributed by atoms with van der Waals surface area (Å²) in [6.45, 7) is 2.82. The van der Waals surface area contributed by atoms with Crippen LogP contribution in [0.4, 0.5) is 5.69 Å². The molecule has 3 N–H and O–H groups in total. The highest BCUT2D eigenvalue weighted by Crippen LogP contribution is 2.32. The average Bonchev–Trinajstić information content (AvgIpc) is 2.35. The van der Waals surface area contributed by atoms with Crippen molar-refractivity contribution in [1.29, 1.82) is 5.41 Å². The van der Waals surface area contributed by atoms with Crippen molar-refractivity contribution >= 4 is 17.8 Å². The van der Waals surface area contributed by atoms with Crippen LogP contribution in [0.5, 0.6) is 0 Å². The molecule has 1 heterocycles. The fourth-order valence-electron chi connectivity index (χ4n) is 2.54. The van der Waals surface area contributed by atoms with Gasteiger partial charge < -0.3 is 16.0 Å². The lowest BCUT2D eigenvalue weighted by Crippen LogP contribution is -2.35. The van der Waals surface area contributed by atoms with Crippen LogP contribution in [0.15, 0.2) is 12.1 Å². The van der Waals surface area contributed by atoms with Crippen molar-refractivity contribution in [2.75, 3.05) is 19.3 Å². The SMILES string of the molecule is Cc1cc(C=N)c(N)cc1C1CCN(C)C(=O)C1. The maximum Gasteiger partial charge on any atom is 0.222 e. The van der Waals surface area contributed by atoms with Crippen LogP contribution in [-0.2, 0) is 4.79 Å². The third kappa shape index (κ3) is 2.23. The van der Waals surface area contributed by atoms with Crippen LogP contribution in [-0.4, -0.2) is 30.6 Å². The molecule has 0 spiro atoms. The highest BCUT2D eigenvalue weighted by Gasteiger charge is 2.25. The number of carbonyl (C=O) groups is 1. The Hall–Kier alpha value is -1.84. The van der Waals surface area contributed by atoms with Gasteiger partial charge in [0.15, 0.2) is 0 Å². The van der Waals surface area contributed by atoms with Crippen LogP contribution >= 0.6 is 0 Å². The molecule has 0 radical (unpaired) electrons. The number of anilines is 1. The topological polar surface area (TPSA) is 70.2 Å². The van der Waals surface area contributed by atoms with Crippen LogP contribution in [0.25, 0.3) is 0 Å². The Morgan fingerprint density at radius 1 is 1.50 bits per heavy atom. The second-order valence-corrected chi connectivity index (χ2v) is 4.99. The third-order valence-corrected chi connectivity index (χ3v) is 3.73. The van der Waals surface area contributed by atoms with Crippen LogP contribution in [0.3, 0.4) is 0 Å². The van der Waals surface area contributed by atoms with Crippen LogP contribution in [0.2, 0.25) is 0 Å². The predicted octanol–water partition coefficient (Wildman–Crippen LogP) is 1.91. The zero-order valence-electron chi connectivity index (χ0n) is 10.9. The zero-order valence-corrected chi connectivity index (χ0v) is 10.9. The number of benzene rings is 1. The van der Waals surface area contributed by atoms with Gasteiger partial charge in [0.2, 0.25) is 5.91 Å². The van der Waals surface area contributed by atoms with Gasteiger partial charge in [-0.25, -0.2) is 0 Å². The molecule has 1 aliphatic rings. The van der Waals surface area contributed by atoms with Gasteiger partial charge in [0, 0.05) is 37.5 Å². The number of rotatable bonds is 2. The molecule has 0 bridgehead atoms. The summed E-state index contributed by atoms with van der Waals surface area (Å²) in [4.78, 5) is 13.5. The molecule has 1 aromatic rings. The first kappa shape index (κ1) is 12.6. The number of nitrogen functional groups attached to an aromatic ring is 1. The molecule has 1 fully saturated rings. The summed E-state index contributed by atoms with van der Waals surface area (Å²) in [5.74, 6) is 0.455. The fourth-order valence-corrected chi connectivity index (χ4v) is 2.54. The van der Waals surface area contributed by atoms with E-state index in [1.54, 1.807) is 4.90 Å². The normalized spacial score (nSPS) is 20.0. The number of piperidine rings is 1. The van der Waals surface area contributed by atoms with Crippen molar-refractivity contribution in [1.82, 2.24) is 4.90 Å². The largest absolute Gasteiger partial charge is 0.398 e. The molecule has 1 unspecified atom stereocenters. The minimum atomic E-state index is 0.195. The van der Waals surface area contributed by atoms with Gasteiger partial charge in [0.05, 0.1) is 0 Å². The molecule has 0 saturated carbocycles. The van der Waals surface area contributed by atoms with Gasteiger partial charge in [-0.15, -0.1) is 0 Å². The number of hydrogen-bond donors (Lipinski definition) is 2. The minimum Gasteiger partial charge on any atom is -0.398 e. The zero-order chi connectivity index (χ0) is 13.3. The summed E-state index contributed by atoms with van der Waals surface area (Å²) in [6, 6.07) is 3.86. The number of likely N-dealkylation sites (tertiary alicyclic amines) is 1. The maximum atomic E-state index is 11.8. The predicted molar refractivity (Wildman–Crippen MR) is 73.1 cm³/mol. The van der Waals surface area contributed by atoms with Crippen LogP contribution in [0.1, 0.15) is 35.4 Å². The standard InChI is InChI=1S/C14H19N3O/c1-9-5-11(8-15)13(16)7-12(9)10-3-4-17(2)14(18)6-10/h5,7-8,10,15H,3-4,6,16H2,1-2H3. The quantitative estimate of drug-likeness (QED) is 0.617. The van der Waals surface area contributed by atoms with Gasteiger partial charge in [-0.2, -0.15) is 0 Å². The Morgan fingerprint density at radius 2 is 2.22 bits per heavy atom. The smallest absolute Gasteiger partial charge is 0.222 e. The summed E-state index contributed by atoms with van der Waals surface area (Å²) in [7, 11) is 1.85. The lowest BCUT2D eigenvalue weighted by molar-refractivity contribution is -0.132. The van der Waals surface area contributed by atoms with Gasteiger partial charge in [-0.1, -0.05) is 0 Å². The summed E-state index contributed by atoms with van der Waals surface area (Å²) >= 11 is 0. The molecule has 2 rings (SSSR count). The van der Waals surface area contributed by atoms with Gasteiger partial charge in [0.25, 0.3) is 0 Å². The van der Waals surface area contributed by atoms with Crippen molar-refractivity contribution < 1.29 is 4.79 Å². The lowest BCUT2D eigenvalue weighted by atomic mass is 9.85. The average molecular weight is 245 g/mol. The Labute approximate surface area is 107 Å². The first-order chi connectivity index (χ1) is 8.52. The summed E-state index contributed by atoms with van der Waals surface area (Å²) in [6.07, 6.45) is 2.80. The van der Waals surface area contributed by atoms with Crippen molar-refractivity contribution in [3.63, 3.8) is 0 Å². The number of carbonyl (C=O) groups excluding carboxylic acids is 1. The van der Waals surface area contributed by atoms with Crippen molar-refractivity contribution in [2.24, 2.45) is 0 Å². The molecule has 4 heteroatoms. The van der Waals surface area contributed by atoms with Gasteiger partial charge in [0.1, 0.15) is 0 Å². The monoisotopic (exact) mass is 245 g/mol. The highest BCUT2D eigenvalue weighted by atomic mass is 16.2. The van der Waals surface area contributed by atoms with E-state index in [0.717, 1.165) is 29.7 Å². The molecule has 1 aliphatic heterocycles. The molecule has 1 atom stereocenters. The molecule has 0 aliphatic carbocycles. The minimum absolute atomic E-state index is 0.195. The van der Waals surface area contributed by atoms with E-state index >= 15 is 0 Å². The van der Waals surface area contributed by atoms with Crippen LogP contribution < -0.4 is 5.73 Å². The van der Waals surface area contributed by atoms with E-state index < -0.39 is 0 Å². The van der Waals surface area contributed by atoms with Crippen molar-refractivity contribution in [3.8, 4) is 0 Å². The number of nitrogens with two attached hydrogens (primary N) is 1. The summed E-state index contributed by atoms with van der Waals surface area (Å²) < 4.78 is 0. The van der Waals surface area contributed by atoms with Crippen LogP contribution in [0, 0.1) is 12.3 Å². The molecule has 4 nitrogen and oxygen atoms in total. The van der Waals surface area contributed by atoms with E-state index in [1.807, 2.05) is 26.1 Å². The Bertz CT molecular complexity index is 496. The Kier molecular flexibility index (Phi) is 3.36. The Morgan fingerprint density at radius 3 is 2.83 bits per heavy atom.